The summed E-state index contributed by atoms with van der Waals surface area (Å²) in [5, 5.41) is 12.1. The summed E-state index contributed by atoms with van der Waals surface area (Å²) in [7, 11) is 1.24. The molecule has 5 rings (SSSR count). The Bertz CT molecular complexity index is 1700. The van der Waals surface area contributed by atoms with Crippen LogP contribution in [0.2, 0.25) is 0 Å². The van der Waals surface area contributed by atoms with Gasteiger partial charge in [-0.2, -0.15) is 5.10 Å². The van der Waals surface area contributed by atoms with Gasteiger partial charge in [0, 0.05) is 18.7 Å². The van der Waals surface area contributed by atoms with Crippen LogP contribution in [0.5, 0.6) is 5.75 Å². The van der Waals surface area contributed by atoms with E-state index in [9.17, 15) is 24.0 Å². The first-order chi connectivity index (χ1) is 19.7. The summed E-state index contributed by atoms with van der Waals surface area (Å²) in [5.41, 5.74) is 7.38. The van der Waals surface area contributed by atoms with Crippen LogP contribution in [0, 0.1) is 0 Å². The van der Waals surface area contributed by atoms with Gasteiger partial charge in [-0.05, 0) is 35.4 Å². The summed E-state index contributed by atoms with van der Waals surface area (Å²) < 4.78 is 11.3. The number of hydrogen-bond acceptors (Lipinski definition) is 9. The first kappa shape index (κ1) is 26.8. The number of benzene rings is 2. The third-order valence-corrected chi connectivity index (χ3v) is 6.18. The van der Waals surface area contributed by atoms with Gasteiger partial charge in [-0.15, -0.1) is 0 Å². The predicted octanol–water partition coefficient (Wildman–Crippen LogP) is 0.733. The van der Waals surface area contributed by atoms with Gasteiger partial charge in [0.2, 0.25) is 5.91 Å². The van der Waals surface area contributed by atoms with Crippen molar-refractivity contribution < 1.29 is 33.4 Å². The minimum absolute atomic E-state index is 0.0119. The number of nitrogens with two attached hydrogens (primary N) is 1. The van der Waals surface area contributed by atoms with Gasteiger partial charge in [-0.25, -0.2) is 14.3 Å². The van der Waals surface area contributed by atoms with E-state index in [-0.39, 0.29) is 41.7 Å². The highest BCUT2D eigenvalue weighted by molar-refractivity contribution is 6.00. The minimum Gasteiger partial charge on any atom is -0.482 e. The number of aromatic nitrogens is 3. The largest absolute Gasteiger partial charge is 0.482 e. The molecule has 208 valence electrons. The Labute approximate surface area is 231 Å². The maximum absolute atomic E-state index is 13.2. The molecule has 0 saturated carbocycles. The maximum atomic E-state index is 13.2. The molecular formula is C27H23N7O7. The molecule has 0 spiro atoms. The summed E-state index contributed by atoms with van der Waals surface area (Å²) in [6.45, 7) is 0.0304. The van der Waals surface area contributed by atoms with Crippen LogP contribution in [0.15, 0.2) is 60.8 Å². The molecule has 41 heavy (non-hydrogen) atoms. The van der Waals surface area contributed by atoms with Crippen LogP contribution in [-0.4, -0.2) is 57.9 Å². The van der Waals surface area contributed by atoms with Gasteiger partial charge in [0.25, 0.3) is 17.7 Å². The fourth-order valence-corrected chi connectivity index (χ4v) is 4.16. The van der Waals surface area contributed by atoms with Gasteiger partial charge in [0.1, 0.15) is 23.2 Å². The first-order valence-electron chi connectivity index (χ1n) is 12.2. The fourth-order valence-electron chi connectivity index (χ4n) is 4.16. The molecule has 4 aromatic rings. The van der Waals surface area contributed by atoms with Gasteiger partial charge in [-0.3, -0.25) is 19.2 Å². The van der Waals surface area contributed by atoms with Crippen LogP contribution in [-0.2, 0) is 20.9 Å². The SMILES string of the molecule is COC(=O)c1ccc([C@@H](NC(=O)c2cc(C(=O)NCc3ccc4c(c3)NC(=O)CO4)n3nccc3n2)C(N)=O)cc1. The number of esters is 1. The number of methoxy groups -OCH3 is 1. The van der Waals surface area contributed by atoms with Crippen molar-refractivity contribution in [3.63, 3.8) is 0 Å². The van der Waals surface area contributed by atoms with Crippen LogP contribution < -0.4 is 26.4 Å². The summed E-state index contributed by atoms with van der Waals surface area (Å²) in [5.74, 6) is -2.49. The van der Waals surface area contributed by atoms with Crippen molar-refractivity contribution in [2.24, 2.45) is 5.73 Å². The molecule has 4 amide bonds. The number of nitrogens with one attached hydrogen (secondary N) is 3. The lowest BCUT2D eigenvalue weighted by atomic mass is 10.0. The number of ether oxygens (including phenoxy) is 2. The number of fused-ring (bicyclic) bond motifs is 2. The lowest BCUT2D eigenvalue weighted by molar-refractivity contribution is -0.120. The Hall–Kier alpha value is -5.79. The number of rotatable bonds is 8. The third kappa shape index (κ3) is 5.66. The van der Waals surface area contributed by atoms with Crippen LogP contribution in [0.1, 0.15) is 48.5 Å². The predicted molar refractivity (Wildman–Crippen MR) is 142 cm³/mol. The molecule has 0 fully saturated rings. The van der Waals surface area contributed by atoms with E-state index in [0.29, 0.717) is 22.6 Å². The summed E-state index contributed by atoms with van der Waals surface area (Å²) in [6, 6.07) is 12.4. The minimum atomic E-state index is -1.25. The first-order valence-corrected chi connectivity index (χ1v) is 12.2. The van der Waals surface area contributed by atoms with Gasteiger partial charge in [-0.1, -0.05) is 18.2 Å². The zero-order valence-corrected chi connectivity index (χ0v) is 21.5. The zero-order chi connectivity index (χ0) is 29.1. The fraction of sp³-hybridized carbons (Fsp3) is 0.148. The van der Waals surface area contributed by atoms with Gasteiger partial charge in [0.05, 0.1) is 24.6 Å². The number of primary amides is 1. The molecule has 2 aromatic carbocycles. The van der Waals surface area contributed by atoms with Crippen molar-refractivity contribution >= 4 is 40.9 Å². The van der Waals surface area contributed by atoms with E-state index in [2.05, 4.69) is 30.8 Å². The molecule has 0 radical (unpaired) electrons. The van der Waals surface area contributed by atoms with Gasteiger partial charge < -0.3 is 31.2 Å². The Morgan fingerprint density at radius 1 is 1.10 bits per heavy atom. The molecular weight excluding hydrogens is 534 g/mol. The van der Waals surface area contributed by atoms with Crippen LogP contribution in [0.3, 0.4) is 0 Å². The molecule has 0 unspecified atom stereocenters. The van der Waals surface area contributed by atoms with Crippen molar-refractivity contribution in [2.75, 3.05) is 19.0 Å². The molecule has 5 N–H and O–H groups in total. The number of carbonyl (C=O) groups is 5. The van der Waals surface area contributed by atoms with Crippen molar-refractivity contribution in [1.29, 1.82) is 0 Å². The molecule has 1 aliphatic rings. The molecule has 1 aliphatic heterocycles. The van der Waals surface area contributed by atoms with E-state index in [4.69, 9.17) is 10.5 Å². The summed E-state index contributed by atoms with van der Waals surface area (Å²) >= 11 is 0. The molecule has 0 aliphatic carbocycles. The molecule has 3 heterocycles. The van der Waals surface area contributed by atoms with Crippen molar-refractivity contribution in [1.82, 2.24) is 25.2 Å². The molecule has 0 saturated heterocycles. The Morgan fingerprint density at radius 2 is 1.88 bits per heavy atom. The van der Waals surface area contributed by atoms with Crippen molar-refractivity contribution in [2.45, 2.75) is 12.6 Å². The molecule has 0 bridgehead atoms. The van der Waals surface area contributed by atoms with E-state index >= 15 is 0 Å². The second kappa shape index (κ2) is 11.1. The van der Waals surface area contributed by atoms with Gasteiger partial charge >= 0.3 is 5.97 Å². The van der Waals surface area contributed by atoms with Crippen LogP contribution in [0.4, 0.5) is 5.69 Å². The van der Waals surface area contributed by atoms with Crippen LogP contribution >= 0.6 is 0 Å². The van der Waals surface area contributed by atoms with Crippen molar-refractivity contribution in [3.8, 4) is 5.75 Å². The second-order valence-electron chi connectivity index (χ2n) is 8.90. The normalized spacial score (nSPS) is 12.9. The summed E-state index contributed by atoms with van der Waals surface area (Å²) in [6.07, 6.45) is 1.42. The number of nitrogens with zero attached hydrogens (tertiary/aromatic N) is 3. The number of amides is 4. The molecule has 2 aromatic heterocycles. The topological polar surface area (TPSA) is 196 Å². The lowest BCUT2D eigenvalue weighted by Crippen LogP contribution is -2.38. The summed E-state index contributed by atoms with van der Waals surface area (Å²) in [4.78, 5) is 66.1. The molecule has 1 atom stereocenters. The standard InChI is InChI=1S/C27H23N7O7/c1-40-27(39)16-5-3-15(4-6-16)23(24(28)36)33-25(37)18-11-19(34-21(31-18)8-9-30-34)26(38)29-12-14-2-7-20-17(10-14)32-22(35)13-41-20/h2-11,23H,12-13H2,1H3,(H2,28,36)(H,29,38)(H,32,35)(H,33,37)/t23-/m1/s1. The third-order valence-electron chi connectivity index (χ3n) is 6.18. The highest BCUT2D eigenvalue weighted by Crippen LogP contribution is 2.28. The van der Waals surface area contributed by atoms with Gasteiger partial charge in [0.15, 0.2) is 12.3 Å². The van der Waals surface area contributed by atoms with E-state index in [1.54, 1.807) is 18.2 Å². The highest BCUT2D eigenvalue weighted by Gasteiger charge is 2.24. The number of hydrogen-bond donors (Lipinski definition) is 4. The monoisotopic (exact) mass is 557 g/mol. The Morgan fingerprint density at radius 3 is 2.61 bits per heavy atom. The Balaban J connectivity index is 1.35. The molecule has 14 nitrogen and oxygen atoms in total. The van der Waals surface area contributed by atoms with Crippen molar-refractivity contribution in [3.05, 3.63) is 88.9 Å². The quantitative estimate of drug-likeness (QED) is 0.226. The lowest BCUT2D eigenvalue weighted by Gasteiger charge is -2.18. The van der Waals surface area contributed by atoms with E-state index in [0.717, 1.165) is 0 Å². The smallest absolute Gasteiger partial charge is 0.337 e. The Kier molecular flexibility index (Phi) is 7.28. The number of carbonyl (C=O) groups excluding carboxylic acids is 5. The molecule has 14 heteroatoms. The zero-order valence-electron chi connectivity index (χ0n) is 21.5. The van der Waals surface area contributed by atoms with E-state index in [1.807, 2.05) is 0 Å². The van der Waals surface area contributed by atoms with Crippen LogP contribution in [0.25, 0.3) is 5.65 Å². The van der Waals surface area contributed by atoms with E-state index < -0.39 is 29.7 Å². The number of anilines is 1. The van der Waals surface area contributed by atoms with E-state index in [1.165, 1.54) is 54.2 Å². The highest BCUT2D eigenvalue weighted by atomic mass is 16.5. The maximum Gasteiger partial charge on any atom is 0.337 e. The average Bonchev–Trinajstić information content (AvgIpc) is 3.46. The second-order valence-corrected chi connectivity index (χ2v) is 8.90. The average molecular weight is 558 g/mol.